The van der Waals surface area contributed by atoms with E-state index in [1.54, 1.807) is 19.2 Å². The zero-order valence-electron chi connectivity index (χ0n) is 20.6. The second-order valence-electron chi connectivity index (χ2n) is 9.48. The fourth-order valence-corrected chi connectivity index (χ4v) is 6.27. The lowest BCUT2D eigenvalue weighted by Crippen LogP contribution is -2.42. The number of piperidine rings is 1. The van der Waals surface area contributed by atoms with Crippen LogP contribution < -0.4 is 20.1 Å². The molecular weight excluding hydrogens is 472 g/mol. The summed E-state index contributed by atoms with van der Waals surface area (Å²) in [5, 5.41) is 21.3. The number of carbonyl (C=O) groups is 1. The van der Waals surface area contributed by atoms with Gasteiger partial charge < -0.3 is 15.3 Å². The van der Waals surface area contributed by atoms with Crippen molar-refractivity contribution in [2.75, 3.05) is 25.0 Å². The summed E-state index contributed by atoms with van der Waals surface area (Å²) >= 11 is 1.06. The summed E-state index contributed by atoms with van der Waals surface area (Å²) in [6, 6.07) is 9.87. The number of fused-ring (bicyclic) bond motifs is 1. The predicted octanol–water partition coefficient (Wildman–Crippen LogP) is 2.90. The maximum absolute atomic E-state index is 12.7. The first-order chi connectivity index (χ1) is 17.5. The minimum absolute atomic E-state index is 0.289. The number of carboxylic acids is 1. The number of carboxylic acid groups (broad SMARTS) is 1. The molecular formula is C28H32N4O3S. The number of hydrogen-bond acceptors (Lipinski definition) is 6. The van der Waals surface area contributed by atoms with Crippen LogP contribution in [-0.4, -0.2) is 40.2 Å². The number of thiazole rings is 1. The third-order valence-corrected chi connectivity index (χ3v) is 8.23. The van der Waals surface area contributed by atoms with E-state index >= 15 is 0 Å². The van der Waals surface area contributed by atoms with Crippen molar-refractivity contribution in [1.29, 1.82) is 5.26 Å². The molecule has 2 aliphatic rings. The maximum Gasteiger partial charge on any atom is 0.354 e. The van der Waals surface area contributed by atoms with Gasteiger partial charge >= 0.3 is 5.97 Å². The lowest BCUT2D eigenvalue weighted by molar-refractivity contribution is -0.132. The van der Waals surface area contributed by atoms with Gasteiger partial charge in [-0.1, -0.05) is 54.2 Å². The maximum atomic E-state index is 12.7. The summed E-state index contributed by atoms with van der Waals surface area (Å²) in [5.41, 5.74) is 6.87. The van der Waals surface area contributed by atoms with Crippen LogP contribution in [0.3, 0.4) is 0 Å². The number of nitrogens with zero attached hydrogens (tertiary/aromatic N) is 3. The molecule has 2 heterocycles. The Labute approximate surface area is 215 Å². The first kappa shape index (κ1) is 25.8. The van der Waals surface area contributed by atoms with Gasteiger partial charge in [-0.05, 0) is 62.3 Å². The van der Waals surface area contributed by atoms with Crippen LogP contribution in [0, 0.1) is 23.2 Å². The van der Waals surface area contributed by atoms with Crippen LogP contribution >= 0.6 is 11.3 Å². The first-order valence-corrected chi connectivity index (χ1v) is 13.5. The number of hydrogen-bond donors (Lipinski definition) is 2. The van der Waals surface area contributed by atoms with E-state index < -0.39 is 11.5 Å². The Morgan fingerprint density at radius 3 is 2.83 bits per heavy atom. The van der Waals surface area contributed by atoms with E-state index in [9.17, 15) is 9.59 Å². The number of likely N-dealkylation sites (tertiary alicyclic amines) is 1. The number of aromatic nitrogens is 1. The van der Waals surface area contributed by atoms with Crippen molar-refractivity contribution in [3.63, 3.8) is 0 Å². The highest BCUT2D eigenvalue weighted by molar-refractivity contribution is 7.07. The molecule has 2 aromatic rings. The second-order valence-corrected chi connectivity index (χ2v) is 10.5. The average molecular weight is 505 g/mol. The quantitative estimate of drug-likeness (QED) is 0.445. The fraction of sp³-hybridized carbons (Fsp3) is 0.464. The molecule has 1 aliphatic carbocycles. The molecule has 4 rings (SSSR count). The van der Waals surface area contributed by atoms with E-state index in [2.05, 4.69) is 33.8 Å². The molecule has 0 unspecified atom stereocenters. The average Bonchev–Trinajstić information content (AvgIpc) is 3.19. The molecule has 2 atom stereocenters. The van der Waals surface area contributed by atoms with Crippen molar-refractivity contribution in [2.24, 2.45) is 11.8 Å². The smallest absolute Gasteiger partial charge is 0.354 e. The van der Waals surface area contributed by atoms with Crippen LogP contribution in [0.25, 0.3) is 11.5 Å². The van der Waals surface area contributed by atoms with E-state index in [-0.39, 0.29) is 10.2 Å². The summed E-state index contributed by atoms with van der Waals surface area (Å²) < 4.78 is 1.99. The Kier molecular flexibility index (Phi) is 8.64. The largest absolute Gasteiger partial charge is 0.477 e. The lowest BCUT2D eigenvalue weighted by atomic mass is 9.75. The summed E-state index contributed by atoms with van der Waals surface area (Å²) in [6.07, 6.45) is 9.57. The summed E-state index contributed by atoms with van der Waals surface area (Å²) in [5.74, 6) is 0.466. The van der Waals surface area contributed by atoms with Crippen molar-refractivity contribution >= 4 is 34.5 Å². The van der Waals surface area contributed by atoms with Crippen LogP contribution in [-0.2, 0) is 17.8 Å². The normalized spacial score (nSPS) is 19.3. The first-order valence-electron chi connectivity index (χ1n) is 12.7. The molecule has 1 saturated carbocycles. The van der Waals surface area contributed by atoms with Crippen LogP contribution in [0.15, 0.2) is 40.8 Å². The van der Waals surface area contributed by atoms with Gasteiger partial charge in [-0.3, -0.25) is 9.36 Å². The number of rotatable bonds is 7. The van der Waals surface area contributed by atoms with Gasteiger partial charge in [0, 0.05) is 31.5 Å². The van der Waals surface area contributed by atoms with Gasteiger partial charge in [-0.2, -0.15) is 5.26 Å². The lowest BCUT2D eigenvalue weighted by Gasteiger charge is -2.41. The third kappa shape index (κ3) is 6.26. The van der Waals surface area contributed by atoms with Crippen LogP contribution in [0.1, 0.15) is 44.6 Å². The fourth-order valence-electron chi connectivity index (χ4n) is 5.29. The molecule has 0 spiro atoms. The molecule has 188 valence electrons. The Hall–Kier alpha value is -3.33. The van der Waals surface area contributed by atoms with Gasteiger partial charge in [0.15, 0.2) is 5.57 Å². The standard InChI is InChI=1S/C28H32N4O3S/c1-2-32-26(17-23(18-29)28(34)35)36-25(27(32)33)10-13-30-24-9-5-6-20(16-24)11-14-31-15-12-21-7-3-4-8-22(21)19-31/h5-6,9,13,16,21-22,30H,2-4,7-8,11-12,14-15,19H2,1H3,(H,34,35)/t10?,17?,21-,22-/m1/s1. The molecule has 0 amide bonds. The topological polar surface area (TPSA) is 98.4 Å². The molecule has 1 aromatic carbocycles. The highest BCUT2D eigenvalue weighted by Gasteiger charge is 2.30. The number of anilines is 1. The number of aliphatic carboxylic acids is 1. The zero-order chi connectivity index (χ0) is 25.5. The zero-order valence-corrected chi connectivity index (χ0v) is 21.4. The van der Waals surface area contributed by atoms with Gasteiger partial charge in [-0.25, -0.2) is 4.79 Å². The molecule has 1 aromatic heterocycles. The predicted molar refractivity (Wildman–Crippen MR) is 142 cm³/mol. The second kappa shape index (κ2) is 12.1. The Morgan fingerprint density at radius 2 is 2.08 bits per heavy atom. The van der Waals surface area contributed by atoms with Gasteiger partial charge in [-0.15, -0.1) is 0 Å². The van der Waals surface area contributed by atoms with Crippen molar-refractivity contribution in [1.82, 2.24) is 9.47 Å². The molecule has 0 bridgehead atoms. The SMILES string of the molecule is CCn1c(=C=C(C#N)C(=O)O)sc(=C=CNc2cccc(CCN3CC[C@H]4CCCC[C@@H]4C3)c2)c1=O. The summed E-state index contributed by atoms with van der Waals surface area (Å²) in [6.45, 7) is 5.65. The van der Waals surface area contributed by atoms with Crippen LogP contribution in [0.2, 0.25) is 0 Å². The highest BCUT2D eigenvalue weighted by atomic mass is 32.1. The number of benzene rings is 1. The van der Waals surface area contributed by atoms with Crippen molar-refractivity contribution < 1.29 is 9.90 Å². The molecule has 8 heteroatoms. The van der Waals surface area contributed by atoms with Gasteiger partial charge in [0.05, 0.1) is 0 Å². The van der Waals surface area contributed by atoms with Gasteiger partial charge in [0.1, 0.15) is 15.3 Å². The highest BCUT2D eigenvalue weighted by Crippen LogP contribution is 2.36. The molecule has 2 N–H and O–H groups in total. The minimum atomic E-state index is -1.37. The molecule has 0 radical (unpaired) electrons. The summed E-state index contributed by atoms with van der Waals surface area (Å²) in [7, 11) is 0. The van der Waals surface area contributed by atoms with Crippen molar-refractivity contribution in [3.8, 4) is 6.07 Å². The molecule has 2 fully saturated rings. The Balaban J connectivity index is 1.45. The van der Waals surface area contributed by atoms with Crippen LogP contribution in [0.4, 0.5) is 5.69 Å². The van der Waals surface area contributed by atoms with Gasteiger partial charge in [0.25, 0.3) is 5.56 Å². The van der Waals surface area contributed by atoms with Crippen LogP contribution in [0.5, 0.6) is 0 Å². The van der Waals surface area contributed by atoms with E-state index in [1.807, 2.05) is 12.1 Å². The van der Waals surface area contributed by atoms with E-state index in [4.69, 9.17) is 10.4 Å². The molecule has 36 heavy (non-hydrogen) atoms. The monoisotopic (exact) mass is 504 g/mol. The van der Waals surface area contributed by atoms with E-state index in [0.29, 0.717) is 11.1 Å². The Morgan fingerprint density at radius 1 is 1.28 bits per heavy atom. The Bertz CT molecular complexity index is 1400. The molecule has 1 aliphatic heterocycles. The third-order valence-electron chi connectivity index (χ3n) is 7.22. The van der Waals surface area contributed by atoms with Crippen molar-refractivity contribution in [2.45, 2.75) is 52.0 Å². The summed E-state index contributed by atoms with van der Waals surface area (Å²) in [4.78, 5) is 26.4. The number of nitrogens with one attached hydrogen (secondary N) is 1. The van der Waals surface area contributed by atoms with E-state index in [0.717, 1.165) is 41.8 Å². The molecule has 7 nitrogen and oxygen atoms in total. The van der Waals surface area contributed by atoms with Gasteiger partial charge in [0.2, 0.25) is 0 Å². The molecule has 1 saturated heterocycles. The number of nitriles is 1. The minimum Gasteiger partial charge on any atom is -0.477 e. The van der Waals surface area contributed by atoms with Crippen molar-refractivity contribution in [3.05, 3.63) is 61.2 Å². The van der Waals surface area contributed by atoms with E-state index in [1.165, 1.54) is 55.3 Å².